The number of fused-ring (bicyclic) bond motifs is 1. The third kappa shape index (κ3) is 3.13. The summed E-state index contributed by atoms with van der Waals surface area (Å²) in [4.78, 5) is 0. The number of hydrogen-bond acceptors (Lipinski definition) is 5. The van der Waals surface area contributed by atoms with Crippen molar-refractivity contribution >= 4 is 0 Å². The fourth-order valence-electron chi connectivity index (χ4n) is 3.71. The molecule has 0 bridgehead atoms. The first-order chi connectivity index (χ1) is 9.95. The van der Waals surface area contributed by atoms with Crippen molar-refractivity contribution in [2.75, 3.05) is 0 Å². The molecule has 5 heteroatoms. The Labute approximate surface area is 126 Å². The molecule has 0 spiro atoms. The zero-order chi connectivity index (χ0) is 15.5. The largest absolute Gasteiger partial charge is 0.390 e. The molecule has 0 aromatic heterocycles. The number of aliphatic hydroxyl groups excluding tert-OH is 2. The summed E-state index contributed by atoms with van der Waals surface area (Å²) in [7, 11) is 0. The molecule has 1 aliphatic carbocycles. The van der Waals surface area contributed by atoms with Gasteiger partial charge in [-0.15, -0.1) is 0 Å². The first-order valence-electron chi connectivity index (χ1n) is 8.44. The highest BCUT2D eigenvalue weighted by Crippen LogP contribution is 2.50. The van der Waals surface area contributed by atoms with Crippen LogP contribution in [0.3, 0.4) is 0 Å². The van der Waals surface area contributed by atoms with Crippen molar-refractivity contribution in [1.29, 1.82) is 0 Å². The van der Waals surface area contributed by atoms with E-state index in [1.54, 1.807) is 0 Å². The smallest absolute Gasteiger partial charge is 0.200 e. The molecular weight excluding hydrogens is 272 g/mol. The molecule has 2 fully saturated rings. The maximum atomic E-state index is 10.4. The average Bonchev–Trinajstić information content (AvgIpc) is 2.80. The van der Waals surface area contributed by atoms with Gasteiger partial charge in [-0.25, -0.2) is 0 Å². The van der Waals surface area contributed by atoms with Gasteiger partial charge in [0.15, 0.2) is 5.60 Å². The minimum absolute atomic E-state index is 0.162. The molecule has 2 rings (SSSR count). The highest BCUT2D eigenvalue weighted by molar-refractivity contribution is 5.15. The van der Waals surface area contributed by atoms with Gasteiger partial charge in [0, 0.05) is 6.42 Å². The Morgan fingerprint density at radius 2 is 1.62 bits per heavy atom. The van der Waals surface area contributed by atoms with Gasteiger partial charge in [-0.05, 0) is 12.8 Å². The van der Waals surface area contributed by atoms with E-state index in [1.807, 2.05) is 0 Å². The number of unbranched alkanes of at least 4 members (excludes halogenated alkanes) is 6. The lowest BCUT2D eigenvalue weighted by Gasteiger charge is -2.33. The van der Waals surface area contributed by atoms with Crippen LogP contribution in [-0.4, -0.2) is 50.1 Å². The molecule has 1 heterocycles. The van der Waals surface area contributed by atoms with Gasteiger partial charge in [-0.3, -0.25) is 0 Å². The van der Waals surface area contributed by atoms with Crippen LogP contribution in [0, 0.1) is 0 Å². The summed E-state index contributed by atoms with van der Waals surface area (Å²) < 4.78 is 5.50. The maximum absolute atomic E-state index is 10.4. The minimum Gasteiger partial charge on any atom is -0.390 e. The molecule has 4 N–H and O–H groups in total. The van der Waals surface area contributed by atoms with E-state index in [0.29, 0.717) is 6.42 Å². The third-order valence-corrected chi connectivity index (χ3v) is 5.13. The summed E-state index contributed by atoms with van der Waals surface area (Å²) in [6.45, 7) is 2.19. The van der Waals surface area contributed by atoms with Gasteiger partial charge >= 0.3 is 0 Å². The Bertz CT molecular complexity index is 337. The number of hydrogen-bond donors (Lipinski definition) is 4. The molecule has 124 valence electrons. The van der Waals surface area contributed by atoms with Gasteiger partial charge in [-0.2, -0.15) is 0 Å². The van der Waals surface area contributed by atoms with Crippen molar-refractivity contribution in [3.63, 3.8) is 0 Å². The Morgan fingerprint density at radius 3 is 2.24 bits per heavy atom. The maximum Gasteiger partial charge on any atom is 0.200 e. The van der Waals surface area contributed by atoms with Gasteiger partial charge < -0.3 is 25.2 Å². The quantitative estimate of drug-likeness (QED) is 0.510. The zero-order valence-corrected chi connectivity index (χ0v) is 13.0. The summed E-state index contributed by atoms with van der Waals surface area (Å²) in [6, 6.07) is 0. The number of rotatable bonds is 8. The van der Waals surface area contributed by atoms with Crippen molar-refractivity contribution < 1.29 is 25.2 Å². The van der Waals surface area contributed by atoms with Crippen LogP contribution < -0.4 is 0 Å². The molecule has 0 aromatic carbocycles. The van der Waals surface area contributed by atoms with Crippen molar-refractivity contribution in [3.05, 3.63) is 0 Å². The average molecular weight is 302 g/mol. The lowest BCUT2D eigenvalue weighted by atomic mass is 9.87. The second-order valence-corrected chi connectivity index (χ2v) is 6.68. The van der Waals surface area contributed by atoms with Crippen molar-refractivity contribution in [1.82, 2.24) is 0 Å². The van der Waals surface area contributed by atoms with E-state index in [0.717, 1.165) is 12.8 Å². The van der Waals surface area contributed by atoms with Gasteiger partial charge in [0.2, 0.25) is 5.79 Å². The molecule has 5 nitrogen and oxygen atoms in total. The monoisotopic (exact) mass is 302 g/mol. The van der Waals surface area contributed by atoms with Crippen LogP contribution in [0.5, 0.6) is 0 Å². The van der Waals surface area contributed by atoms with Crippen molar-refractivity contribution in [3.8, 4) is 0 Å². The van der Waals surface area contributed by atoms with Crippen LogP contribution in [0.25, 0.3) is 0 Å². The summed E-state index contributed by atoms with van der Waals surface area (Å²) >= 11 is 0. The molecular formula is C16H30O5. The molecule has 21 heavy (non-hydrogen) atoms. The van der Waals surface area contributed by atoms with Gasteiger partial charge in [0.05, 0.1) is 12.2 Å². The van der Waals surface area contributed by atoms with E-state index in [4.69, 9.17) is 4.74 Å². The van der Waals surface area contributed by atoms with E-state index in [1.165, 1.54) is 32.1 Å². The van der Waals surface area contributed by atoms with E-state index in [-0.39, 0.29) is 12.8 Å². The van der Waals surface area contributed by atoms with Crippen molar-refractivity contribution in [2.24, 2.45) is 0 Å². The van der Waals surface area contributed by atoms with E-state index < -0.39 is 29.7 Å². The number of aliphatic hydroxyl groups is 4. The third-order valence-electron chi connectivity index (χ3n) is 5.13. The van der Waals surface area contributed by atoms with Crippen LogP contribution in [0.2, 0.25) is 0 Å². The first-order valence-corrected chi connectivity index (χ1v) is 8.44. The summed E-state index contributed by atoms with van der Waals surface area (Å²) in [5.41, 5.74) is -1.93. The molecule has 0 unspecified atom stereocenters. The first kappa shape index (κ1) is 17.2. The normalized spacial score (nSPS) is 42.4. The van der Waals surface area contributed by atoms with Crippen LogP contribution in [0.1, 0.15) is 71.1 Å². The fourth-order valence-corrected chi connectivity index (χ4v) is 3.71. The SMILES string of the molecule is CCCCCCCCC[C@@H]1O[C@@]2(O)CC[C@@H](O)[C@@]2(O)[C@H]1O. The van der Waals surface area contributed by atoms with E-state index >= 15 is 0 Å². The summed E-state index contributed by atoms with van der Waals surface area (Å²) in [5, 5.41) is 40.8. The van der Waals surface area contributed by atoms with Crippen LogP contribution in [-0.2, 0) is 4.74 Å². The van der Waals surface area contributed by atoms with Crippen LogP contribution in [0.15, 0.2) is 0 Å². The molecule has 5 atom stereocenters. The molecule has 1 saturated carbocycles. The summed E-state index contributed by atoms with van der Waals surface area (Å²) in [5.74, 6) is -1.79. The predicted octanol–water partition coefficient (Wildman–Crippen LogP) is 1.46. The molecule has 1 aliphatic heterocycles. The standard InChI is InChI=1S/C16H30O5/c1-2-3-4-5-6-7-8-9-12-14(18)16(20)13(17)10-11-15(16,19)21-12/h12-14,17-20H,2-11H2,1H3/t12-,13+,14-,15-,16+/m0/s1. The highest BCUT2D eigenvalue weighted by atomic mass is 16.7. The Kier molecular flexibility index (Phi) is 5.65. The van der Waals surface area contributed by atoms with Crippen LogP contribution >= 0.6 is 0 Å². The number of ether oxygens (including phenoxy) is 1. The lowest BCUT2D eigenvalue weighted by Crippen LogP contribution is -2.58. The minimum atomic E-state index is -1.93. The molecule has 2 aliphatic rings. The molecule has 0 amide bonds. The molecule has 1 saturated heterocycles. The summed E-state index contributed by atoms with van der Waals surface area (Å²) in [6.07, 6.45) is 6.22. The van der Waals surface area contributed by atoms with E-state index in [2.05, 4.69) is 6.92 Å². The predicted molar refractivity (Wildman–Crippen MR) is 78.6 cm³/mol. The van der Waals surface area contributed by atoms with E-state index in [9.17, 15) is 20.4 Å². The highest BCUT2D eigenvalue weighted by Gasteiger charge is 2.70. The van der Waals surface area contributed by atoms with Crippen LogP contribution in [0.4, 0.5) is 0 Å². The molecule has 0 radical (unpaired) electrons. The Morgan fingerprint density at radius 1 is 1.00 bits per heavy atom. The topological polar surface area (TPSA) is 90.2 Å². The lowest BCUT2D eigenvalue weighted by molar-refractivity contribution is -0.265. The second kappa shape index (κ2) is 6.92. The van der Waals surface area contributed by atoms with Gasteiger partial charge in [-0.1, -0.05) is 51.9 Å². The fraction of sp³-hybridized carbons (Fsp3) is 1.00. The van der Waals surface area contributed by atoms with Gasteiger partial charge in [0.1, 0.15) is 6.10 Å². The molecule has 0 aromatic rings. The zero-order valence-electron chi connectivity index (χ0n) is 13.0. The van der Waals surface area contributed by atoms with Gasteiger partial charge in [0.25, 0.3) is 0 Å². The Balaban J connectivity index is 1.74. The second-order valence-electron chi connectivity index (χ2n) is 6.68. The Hall–Kier alpha value is -0.200. The van der Waals surface area contributed by atoms with Crippen molar-refractivity contribution in [2.45, 2.75) is 101 Å².